The number of esters is 1. The summed E-state index contributed by atoms with van der Waals surface area (Å²) in [5, 5.41) is 8.91. The van der Waals surface area contributed by atoms with Crippen LogP contribution in [-0.4, -0.2) is 23.0 Å². The highest BCUT2D eigenvalue weighted by Crippen LogP contribution is 2.32. The van der Waals surface area contributed by atoms with E-state index < -0.39 is 0 Å². The molecular weight excluding hydrogens is 398 g/mol. The van der Waals surface area contributed by atoms with E-state index >= 15 is 0 Å². The fourth-order valence-corrected chi connectivity index (χ4v) is 4.19. The van der Waals surface area contributed by atoms with Crippen molar-refractivity contribution in [2.24, 2.45) is 5.73 Å². The number of nitrogen functional groups attached to an aromatic ring is 1. The maximum Gasteiger partial charge on any atom is 0.338 e. The second-order valence-electron chi connectivity index (χ2n) is 7.69. The molecule has 0 saturated heterocycles. The highest BCUT2D eigenvalue weighted by Gasteiger charge is 2.17. The third kappa shape index (κ3) is 4.02. The molecule has 5 heteroatoms. The SMILES string of the molecule is CCOC(=O)c1ccccc1-c1ccccc1Cc1cn(CC)c2cc(C(=N)N)ccc12. The van der Waals surface area contributed by atoms with Crippen LogP contribution in [0.1, 0.15) is 40.9 Å². The number of aromatic nitrogens is 1. The van der Waals surface area contributed by atoms with Crippen LogP contribution >= 0.6 is 0 Å². The van der Waals surface area contributed by atoms with Gasteiger partial charge in [0, 0.05) is 35.6 Å². The summed E-state index contributed by atoms with van der Waals surface area (Å²) in [4.78, 5) is 12.6. The fourth-order valence-electron chi connectivity index (χ4n) is 4.19. The summed E-state index contributed by atoms with van der Waals surface area (Å²) in [6, 6.07) is 21.7. The summed E-state index contributed by atoms with van der Waals surface area (Å²) in [5.74, 6) is -0.240. The lowest BCUT2D eigenvalue weighted by Crippen LogP contribution is -2.10. The lowest BCUT2D eigenvalue weighted by atomic mass is 9.92. The Kier molecular flexibility index (Phi) is 6.08. The van der Waals surface area contributed by atoms with Gasteiger partial charge in [-0.2, -0.15) is 0 Å². The predicted molar refractivity (Wildman–Crippen MR) is 129 cm³/mol. The van der Waals surface area contributed by atoms with Crippen molar-refractivity contribution in [3.05, 3.63) is 95.2 Å². The standard InChI is InChI=1S/C27H27N3O2/c1-3-30-17-20(22-14-13-19(26(28)29)16-25(22)30)15-18-9-5-6-10-21(18)23-11-7-8-12-24(23)27(31)32-4-2/h5-14,16-17H,3-4,15H2,1-2H3,(H3,28,29). The molecule has 4 rings (SSSR count). The summed E-state index contributed by atoms with van der Waals surface area (Å²) in [5.41, 5.74) is 12.3. The molecule has 0 amide bonds. The quantitative estimate of drug-likeness (QED) is 0.237. The third-order valence-corrected chi connectivity index (χ3v) is 5.73. The van der Waals surface area contributed by atoms with Crippen molar-refractivity contribution in [3.8, 4) is 11.1 Å². The van der Waals surface area contributed by atoms with Crippen LogP contribution in [0.5, 0.6) is 0 Å². The van der Waals surface area contributed by atoms with Gasteiger partial charge in [-0.1, -0.05) is 54.6 Å². The third-order valence-electron chi connectivity index (χ3n) is 5.73. The Morgan fingerprint density at radius 3 is 2.41 bits per heavy atom. The molecule has 1 heterocycles. The maximum atomic E-state index is 12.6. The zero-order chi connectivity index (χ0) is 22.7. The number of hydrogen-bond donors (Lipinski definition) is 2. The second-order valence-corrected chi connectivity index (χ2v) is 7.69. The maximum absolute atomic E-state index is 12.6. The van der Waals surface area contributed by atoms with E-state index in [0.717, 1.165) is 46.1 Å². The fraction of sp³-hybridized carbons (Fsp3) is 0.185. The molecule has 0 saturated carbocycles. The van der Waals surface area contributed by atoms with Crippen LogP contribution in [0.3, 0.4) is 0 Å². The van der Waals surface area contributed by atoms with Gasteiger partial charge in [-0.25, -0.2) is 4.79 Å². The summed E-state index contributed by atoms with van der Waals surface area (Å²) < 4.78 is 7.47. The number of carbonyl (C=O) groups is 1. The van der Waals surface area contributed by atoms with Crippen molar-refractivity contribution in [2.75, 3.05) is 6.61 Å². The smallest absolute Gasteiger partial charge is 0.338 e. The minimum Gasteiger partial charge on any atom is -0.462 e. The highest BCUT2D eigenvalue weighted by molar-refractivity contribution is 6.00. The van der Waals surface area contributed by atoms with E-state index in [9.17, 15) is 4.79 Å². The molecule has 0 radical (unpaired) electrons. The Bertz CT molecular complexity index is 1300. The van der Waals surface area contributed by atoms with Crippen LogP contribution in [0.2, 0.25) is 0 Å². The molecule has 32 heavy (non-hydrogen) atoms. The van der Waals surface area contributed by atoms with Crippen molar-refractivity contribution >= 4 is 22.7 Å². The molecule has 0 aliphatic heterocycles. The Morgan fingerprint density at radius 1 is 0.969 bits per heavy atom. The highest BCUT2D eigenvalue weighted by atomic mass is 16.5. The number of carbonyl (C=O) groups excluding carboxylic acids is 1. The number of amidine groups is 1. The van der Waals surface area contributed by atoms with Gasteiger partial charge >= 0.3 is 5.97 Å². The van der Waals surface area contributed by atoms with E-state index in [-0.39, 0.29) is 11.8 Å². The lowest BCUT2D eigenvalue weighted by molar-refractivity contribution is 0.0527. The van der Waals surface area contributed by atoms with Crippen molar-refractivity contribution in [1.82, 2.24) is 4.57 Å². The minimum absolute atomic E-state index is 0.0678. The van der Waals surface area contributed by atoms with Gasteiger partial charge in [0.05, 0.1) is 12.2 Å². The first-order valence-electron chi connectivity index (χ1n) is 10.8. The van der Waals surface area contributed by atoms with Crippen LogP contribution in [0.15, 0.2) is 72.9 Å². The number of nitrogens with one attached hydrogen (secondary N) is 1. The number of fused-ring (bicyclic) bond motifs is 1. The number of benzene rings is 3. The van der Waals surface area contributed by atoms with Gasteiger partial charge in [0.15, 0.2) is 0 Å². The van der Waals surface area contributed by atoms with Crippen molar-refractivity contribution < 1.29 is 9.53 Å². The number of rotatable bonds is 7. The van der Waals surface area contributed by atoms with E-state index in [2.05, 4.69) is 29.8 Å². The van der Waals surface area contributed by atoms with E-state index in [4.69, 9.17) is 15.9 Å². The molecule has 0 unspecified atom stereocenters. The number of hydrogen-bond acceptors (Lipinski definition) is 3. The zero-order valence-electron chi connectivity index (χ0n) is 18.4. The van der Waals surface area contributed by atoms with Crippen molar-refractivity contribution in [1.29, 1.82) is 5.41 Å². The predicted octanol–water partition coefficient (Wildman–Crippen LogP) is 5.38. The van der Waals surface area contributed by atoms with Gasteiger partial charge in [0.1, 0.15) is 5.84 Å². The Morgan fingerprint density at radius 2 is 1.69 bits per heavy atom. The molecule has 0 bridgehead atoms. The Balaban J connectivity index is 1.80. The monoisotopic (exact) mass is 425 g/mol. The summed E-state index contributed by atoms with van der Waals surface area (Å²) in [7, 11) is 0. The number of nitrogens with zero attached hydrogens (tertiary/aromatic N) is 1. The average Bonchev–Trinajstić information content (AvgIpc) is 3.16. The summed E-state index contributed by atoms with van der Waals surface area (Å²) >= 11 is 0. The van der Waals surface area contributed by atoms with Crippen LogP contribution in [-0.2, 0) is 17.7 Å². The molecule has 3 N–H and O–H groups in total. The number of nitrogens with two attached hydrogens (primary N) is 1. The van der Waals surface area contributed by atoms with Crippen LogP contribution < -0.4 is 5.73 Å². The van der Waals surface area contributed by atoms with E-state index in [1.807, 2.05) is 61.5 Å². The molecule has 0 aliphatic carbocycles. The molecule has 5 nitrogen and oxygen atoms in total. The topological polar surface area (TPSA) is 81.1 Å². The zero-order valence-corrected chi connectivity index (χ0v) is 18.4. The van der Waals surface area contributed by atoms with Crippen LogP contribution in [0, 0.1) is 5.41 Å². The van der Waals surface area contributed by atoms with Gasteiger partial charge in [0.2, 0.25) is 0 Å². The van der Waals surface area contributed by atoms with Gasteiger partial charge in [-0.15, -0.1) is 0 Å². The molecule has 0 fully saturated rings. The first-order chi connectivity index (χ1) is 15.5. The van der Waals surface area contributed by atoms with Crippen molar-refractivity contribution in [2.45, 2.75) is 26.8 Å². The molecule has 3 aromatic carbocycles. The molecule has 0 aliphatic rings. The first kappa shape index (κ1) is 21.4. The molecule has 162 valence electrons. The Hall–Kier alpha value is -3.86. The number of aryl methyl sites for hydroxylation is 1. The van der Waals surface area contributed by atoms with Crippen molar-refractivity contribution in [3.63, 3.8) is 0 Å². The normalized spacial score (nSPS) is 10.9. The average molecular weight is 426 g/mol. The largest absolute Gasteiger partial charge is 0.462 e. The molecule has 1 aromatic heterocycles. The number of ether oxygens (including phenoxy) is 1. The van der Waals surface area contributed by atoms with Gasteiger partial charge in [-0.3, -0.25) is 5.41 Å². The molecule has 4 aromatic rings. The van der Waals surface area contributed by atoms with Gasteiger partial charge in [-0.05, 0) is 48.2 Å². The van der Waals surface area contributed by atoms with E-state index in [0.29, 0.717) is 12.2 Å². The molecule has 0 spiro atoms. The summed E-state index contributed by atoms with van der Waals surface area (Å²) in [6.07, 6.45) is 2.89. The van der Waals surface area contributed by atoms with Gasteiger partial charge < -0.3 is 15.0 Å². The van der Waals surface area contributed by atoms with Crippen LogP contribution in [0.25, 0.3) is 22.0 Å². The lowest BCUT2D eigenvalue weighted by Gasteiger charge is -2.13. The van der Waals surface area contributed by atoms with E-state index in [1.54, 1.807) is 0 Å². The first-order valence-corrected chi connectivity index (χ1v) is 10.8. The second kappa shape index (κ2) is 9.10. The van der Waals surface area contributed by atoms with Crippen LogP contribution in [0.4, 0.5) is 0 Å². The minimum atomic E-state index is -0.308. The summed E-state index contributed by atoms with van der Waals surface area (Å²) in [6.45, 7) is 5.08. The molecule has 0 atom stereocenters. The molecular formula is C27H27N3O2. The van der Waals surface area contributed by atoms with E-state index in [1.165, 1.54) is 5.56 Å². The van der Waals surface area contributed by atoms with Gasteiger partial charge in [0.25, 0.3) is 0 Å². The Labute approximate surface area is 188 Å².